The van der Waals surface area contributed by atoms with Gasteiger partial charge in [-0.25, -0.2) is 4.98 Å². The van der Waals surface area contributed by atoms with Crippen molar-refractivity contribution in [2.45, 2.75) is 19.4 Å². The number of rotatable bonds is 7. The number of fused-ring (bicyclic) bond motifs is 1. The van der Waals surface area contributed by atoms with Gasteiger partial charge in [-0.15, -0.1) is 0 Å². The van der Waals surface area contributed by atoms with E-state index >= 15 is 0 Å². The highest BCUT2D eigenvalue weighted by Crippen LogP contribution is 2.11. The molecule has 0 aliphatic heterocycles. The van der Waals surface area contributed by atoms with E-state index in [2.05, 4.69) is 15.6 Å². The molecule has 6 nitrogen and oxygen atoms in total. The van der Waals surface area contributed by atoms with Gasteiger partial charge in [0.1, 0.15) is 5.65 Å². The normalized spacial score (nSPS) is 10.7. The summed E-state index contributed by atoms with van der Waals surface area (Å²) in [7, 11) is 0. The molecule has 2 N–H and O–H groups in total. The maximum atomic E-state index is 11.9. The first-order chi connectivity index (χ1) is 12.6. The second-order valence-corrected chi connectivity index (χ2v) is 6.32. The summed E-state index contributed by atoms with van der Waals surface area (Å²) in [5, 5.41) is 6.17. The molecule has 3 rings (SSSR count). The van der Waals surface area contributed by atoms with Crippen LogP contribution in [0.5, 0.6) is 0 Å². The topological polar surface area (TPSA) is 75.5 Å². The van der Waals surface area contributed by atoms with Gasteiger partial charge in [0.2, 0.25) is 11.8 Å². The molecule has 2 aromatic heterocycles. The molecule has 134 valence electrons. The largest absolute Gasteiger partial charge is 0.355 e. The fraction of sp³-hybridized carbons (Fsp3) is 0.211. The number of hydrogen-bond donors (Lipinski definition) is 2. The summed E-state index contributed by atoms with van der Waals surface area (Å²) in [6.07, 6.45) is 4.12. The van der Waals surface area contributed by atoms with E-state index < -0.39 is 0 Å². The van der Waals surface area contributed by atoms with Crippen LogP contribution in [-0.2, 0) is 22.6 Å². The summed E-state index contributed by atoms with van der Waals surface area (Å²) in [5.41, 5.74) is 2.46. The fourth-order valence-corrected chi connectivity index (χ4v) is 2.71. The smallest absolute Gasteiger partial charge is 0.224 e. The second-order valence-electron chi connectivity index (χ2n) is 5.88. The van der Waals surface area contributed by atoms with E-state index in [1.807, 2.05) is 47.0 Å². The molecule has 7 heteroatoms. The molecule has 3 aromatic rings. The molecular weight excluding hydrogens is 352 g/mol. The predicted octanol–water partition coefficient (Wildman–Crippen LogP) is 2.35. The summed E-state index contributed by atoms with van der Waals surface area (Å²) in [4.78, 5) is 28.1. The van der Waals surface area contributed by atoms with Crippen LogP contribution in [-0.4, -0.2) is 27.7 Å². The Morgan fingerprint density at radius 1 is 1.00 bits per heavy atom. The highest BCUT2D eigenvalue weighted by Gasteiger charge is 2.07. The number of halogens is 1. The van der Waals surface area contributed by atoms with Crippen molar-refractivity contribution in [3.05, 3.63) is 71.1 Å². The van der Waals surface area contributed by atoms with Crippen LogP contribution in [0.3, 0.4) is 0 Å². The number of aromatic nitrogens is 2. The third-order valence-electron chi connectivity index (χ3n) is 3.81. The van der Waals surface area contributed by atoms with E-state index in [9.17, 15) is 9.59 Å². The van der Waals surface area contributed by atoms with Crippen LogP contribution in [0, 0.1) is 0 Å². The zero-order valence-corrected chi connectivity index (χ0v) is 14.9. The van der Waals surface area contributed by atoms with Crippen molar-refractivity contribution in [1.29, 1.82) is 0 Å². The van der Waals surface area contributed by atoms with Crippen LogP contribution in [0.25, 0.3) is 5.65 Å². The maximum absolute atomic E-state index is 11.9. The van der Waals surface area contributed by atoms with Crippen LogP contribution >= 0.6 is 11.6 Å². The van der Waals surface area contributed by atoms with Crippen molar-refractivity contribution < 1.29 is 9.59 Å². The van der Waals surface area contributed by atoms with Crippen molar-refractivity contribution in [2.24, 2.45) is 0 Å². The van der Waals surface area contributed by atoms with Crippen molar-refractivity contribution >= 4 is 29.1 Å². The Hall–Kier alpha value is -2.86. The van der Waals surface area contributed by atoms with Crippen molar-refractivity contribution in [3.8, 4) is 0 Å². The Morgan fingerprint density at radius 2 is 1.81 bits per heavy atom. The third-order valence-corrected chi connectivity index (χ3v) is 4.04. The van der Waals surface area contributed by atoms with E-state index in [1.165, 1.54) is 0 Å². The van der Waals surface area contributed by atoms with Gasteiger partial charge in [-0.05, 0) is 17.7 Å². The highest BCUT2D eigenvalue weighted by molar-refractivity contribution is 6.30. The number of carbonyl (C=O) groups excluding carboxylic acids is 2. The van der Waals surface area contributed by atoms with E-state index in [4.69, 9.17) is 11.6 Å². The lowest BCUT2D eigenvalue weighted by Crippen LogP contribution is -2.31. The maximum Gasteiger partial charge on any atom is 0.224 e. The molecule has 0 aliphatic carbocycles. The lowest BCUT2D eigenvalue weighted by atomic mass is 10.1. The van der Waals surface area contributed by atoms with Gasteiger partial charge in [0.15, 0.2) is 0 Å². The average molecular weight is 371 g/mol. The molecule has 26 heavy (non-hydrogen) atoms. The van der Waals surface area contributed by atoms with Crippen molar-refractivity contribution in [2.75, 3.05) is 6.54 Å². The molecule has 0 atom stereocenters. The molecule has 0 radical (unpaired) electrons. The summed E-state index contributed by atoms with van der Waals surface area (Å²) in [6.45, 7) is 0.633. The SMILES string of the molecule is O=C(CCNC(=O)Cc1ccccc1)NCc1cn2cc(Cl)ccc2n1. The Labute approximate surface area is 156 Å². The fourth-order valence-electron chi connectivity index (χ4n) is 2.54. The van der Waals surface area contributed by atoms with E-state index in [-0.39, 0.29) is 18.2 Å². The summed E-state index contributed by atoms with van der Waals surface area (Å²) in [6, 6.07) is 13.1. The Balaban J connectivity index is 1.39. The van der Waals surface area contributed by atoms with E-state index in [0.29, 0.717) is 24.5 Å². The lowest BCUT2D eigenvalue weighted by molar-refractivity contribution is -0.122. The molecule has 2 heterocycles. The van der Waals surface area contributed by atoms with Gasteiger partial charge in [-0.3, -0.25) is 9.59 Å². The van der Waals surface area contributed by atoms with Crippen molar-refractivity contribution in [1.82, 2.24) is 20.0 Å². The quantitative estimate of drug-likeness (QED) is 0.670. The molecule has 0 fully saturated rings. The number of nitrogens with zero attached hydrogens (tertiary/aromatic N) is 2. The number of pyridine rings is 1. The summed E-state index contributed by atoms with van der Waals surface area (Å²) in [5.74, 6) is -0.235. The summed E-state index contributed by atoms with van der Waals surface area (Å²) < 4.78 is 1.81. The monoisotopic (exact) mass is 370 g/mol. The standard InChI is InChI=1S/C19H19ClN4O2/c20-15-6-7-17-23-16(13-24(17)12-15)11-22-18(25)8-9-21-19(26)10-14-4-2-1-3-5-14/h1-7,12-13H,8-11H2,(H,21,26)(H,22,25). The van der Waals surface area contributed by atoms with Crippen molar-refractivity contribution in [3.63, 3.8) is 0 Å². The zero-order valence-electron chi connectivity index (χ0n) is 14.1. The molecule has 0 saturated heterocycles. The molecular formula is C19H19ClN4O2. The van der Waals surface area contributed by atoms with Crippen LogP contribution < -0.4 is 10.6 Å². The van der Waals surface area contributed by atoms with Crippen LogP contribution in [0.4, 0.5) is 0 Å². The minimum Gasteiger partial charge on any atom is -0.355 e. The van der Waals surface area contributed by atoms with E-state index in [0.717, 1.165) is 16.9 Å². The molecule has 0 saturated carbocycles. The van der Waals surface area contributed by atoms with Crippen LogP contribution in [0.2, 0.25) is 5.02 Å². The van der Waals surface area contributed by atoms with Crippen LogP contribution in [0.15, 0.2) is 54.9 Å². The number of benzene rings is 1. The Kier molecular flexibility index (Phi) is 5.86. The van der Waals surface area contributed by atoms with Gasteiger partial charge in [0.05, 0.1) is 23.7 Å². The van der Waals surface area contributed by atoms with Gasteiger partial charge in [0.25, 0.3) is 0 Å². The molecule has 1 aromatic carbocycles. The molecule has 2 amide bonds. The molecule has 0 bridgehead atoms. The van der Waals surface area contributed by atoms with Gasteiger partial charge in [-0.1, -0.05) is 41.9 Å². The first kappa shape index (κ1) is 17.9. The number of amides is 2. The first-order valence-electron chi connectivity index (χ1n) is 8.30. The van der Waals surface area contributed by atoms with Gasteiger partial charge < -0.3 is 15.0 Å². The van der Waals surface area contributed by atoms with Crippen LogP contribution in [0.1, 0.15) is 17.7 Å². The molecule has 0 aliphatic rings. The number of hydrogen-bond acceptors (Lipinski definition) is 3. The average Bonchev–Trinajstić information content (AvgIpc) is 3.03. The second kappa shape index (κ2) is 8.49. The first-order valence-corrected chi connectivity index (χ1v) is 8.68. The lowest BCUT2D eigenvalue weighted by Gasteiger charge is -2.06. The minimum atomic E-state index is -0.139. The number of nitrogens with one attached hydrogen (secondary N) is 2. The zero-order chi connectivity index (χ0) is 18.4. The molecule has 0 spiro atoms. The van der Waals surface area contributed by atoms with Gasteiger partial charge >= 0.3 is 0 Å². The van der Waals surface area contributed by atoms with E-state index in [1.54, 1.807) is 12.3 Å². The Bertz CT molecular complexity index is 908. The highest BCUT2D eigenvalue weighted by atomic mass is 35.5. The van der Waals surface area contributed by atoms with Gasteiger partial charge in [0, 0.05) is 25.4 Å². The Morgan fingerprint density at radius 3 is 2.62 bits per heavy atom. The third kappa shape index (κ3) is 5.07. The van der Waals surface area contributed by atoms with Gasteiger partial charge in [-0.2, -0.15) is 0 Å². The predicted molar refractivity (Wildman–Crippen MR) is 99.8 cm³/mol. The molecule has 0 unspecified atom stereocenters. The minimum absolute atomic E-state index is 0.0961. The number of imidazole rings is 1. The summed E-state index contributed by atoms with van der Waals surface area (Å²) >= 11 is 5.94. The number of carbonyl (C=O) groups is 2.